The molecule has 0 radical (unpaired) electrons. The third kappa shape index (κ3) is 10.2. The van der Waals surface area contributed by atoms with Crippen LogP contribution in [0.3, 0.4) is 0 Å². The summed E-state index contributed by atoms with van der Waals surface area (Å²) in [4.78, 5) is 42.5. The first-order valence-electron chi connectivity index (χ1n) is 20.1. The number of ketones is 2. The van der Waals surface area contributed by atoms with Gasteiger partial charge in [-0.05, 0) is 95.9 Å². The minimum absolute atomic E-state index is 0.162. The van der Waals surface area contributed by atoms with Crippen LogP contribution in [0, 0.1) is 13.8 Å². The third-order valence-electron chi connectivity index (χ3n) is 10.5. The van der Waals surface area contributed by atoms with Crippen LogP contribution < -0.4 is 11.5 Å². The monoisotopic (exact) mass is 1090 g/mol. The van der Waals surface area contributed by atoms with Gasteiger partial charge in [0.2, 0.25) is 11.6 Å². The van der Waals surface area contributed by atoms with E-state index in [2.05, 4.69) is 137 Å². The van der Waals surface area contributed by atoms with Crippen molar-refractivity contribution in [3.63, 3.8) is 0 Å². The van der Waals surface area contributed by atoms with E-state index in [9.17, 15) is 9.59 Å². The Morgan fingerprint density at radius 3 is 1.32 bits per heavy atom. The van der Waals surface area contributed by atoms with Crippen molar-refractivity contribution < 1.29 is 32.1 Å². The molecular weight excluding hydrogens is 1060 g/mol. The third-order valence-corrected chi connectivity index (χ3v) is 11.9. The van der Waals surface area contributed by atoms with Gasteiger partial charge in [0.05, 0.1) is 33.5 Å². The Morgan fingerprint density at radius 2 is 0.846 bits per heavy atom. The number of carbonyl (C=O) groups excluding carboxylic acids is 2. The van der Waals surface area contributed by atoms with E-state index in [1.165, 1.54) is 21.5 Å². The molecule has 14 heteroatoms. The SMILES string of the molecule is CC(N)CN.Cc1cnc2c3ccc(Br)cc3c3ccccc3c2n1.Cc1cnc2c3ccccc3c3cc(Br)ccc3c2n1.O=C1C(=O)c2ccc(Br)cc2-c2ccccc21.[O]=[Mn]=[O]. The Hall–Kier alpha value is -5.70. The van der Waals surface area contributed by atoms with Crippen LogP contribution in [0.15, 0.2) is 153 Å². The van der Waals surface area contributed by atoms with Crippen molar-refractivity contribution in [2.45, 2.75) is 26.8 Å². The number of halogens is 3. The summed E-state index contributed by atoms with van der Waals surface area (Å²) in [5, 5.41) is 9.46. The molecular formula is C51H39Br3MnN6O4. The van der Waals surface area contributed by atoms with Gasteiger partial charge in [-0.25, -0.2) is 9.97 Å². The molecule has 0 aliphatic heterocycles. The predicted molar refractivity (Wildman–Crippen MR) is 266 cm³/mol. The Bertz CT molecular complexity index is 3370. The van der Waals surface area contributed by atoms with Crippen LogP contribution in [0.4, 0.5) is 0 Å². The zero-order chi connectivity index (χ0) is 46.4. The van der Waals surface area contributed by atoms with Crippen LogP contribution in [-0.2, 0) is 22.5 Å². The number of hydrogen-bond donors (Lipinski definition) is 2. The van der Waals surface area contributed by atoms with E-state index in [0.717, 1.165) is 79.5 Å². The summed E-state index contributed by atoms with van der Waals surface area (Å²) in [5.74, 6) is -0.846. The average Bonchev–Trinajstić information content (AvgIpc) is 3.31. The zero-order valence-electron chi connectivity index (χ0n) is 35.2. The predicted octanol–water partition coefficient (Wildman–Crippen LogP) is 12.6. The molecule has 1 unspecified atom stereocenters. The average molecular weight is 1090 g/mol. The fraction of sp³-hybridized carbons (Fsp3) is 0.0980. The van der Waals surface area contributed by atoms with Gasteiger partial charge in [0.1, 0.15) is 0 Å². The van der Waals surface area contributed by atoms with Gasteiger partial charge in [-0.2, -0.15) is 0 Å². The van der Waals surface area contributed by atoms with Crippen molar-refractivity contribution >= 4 is 125 Å². The number of Topliss-reactive ketones (excluding diaryl/α,β-unsaturated/α-hetero) is 2. The van der Waals surface area contributed by atoms with Crippen LogP contribution in [0.5, 0.6) is 0 Å². The summed E-state index contributed by atoms with van der Waals surface area (Å²) < 4.78 is 19.9. The fourth-order valence-electron chi connectivity index (χ4n) is 7.56. The summed E-state index contributed by atoms with van der Waals surface area (Å²) in [6, 6.07) is 42.1. The van der Waals surface area contributed by atoms with Gasteiger partial charge >= 0.3 is 22.5 Å². The number of carbonyl (C=O) groups is 2. The standard InChI is InChI=1S/2C17H11BrN2.C14H7BrO2.C3H10N2.Mn.2O/c1-10-9-19-16-14-7-6-11(18)8-15(14)12-4-2-3-5-13(12)17(16)20-10;1-10-9-19-16-13-5-3-2-4-12(13)15-8-11(18)6-7-14(15)17(16)20-10;15-8-5-6-11-12(7-8)9-3-1-2-4-10(9)13(16)14(11)17;1-3(5)2-4;;;/h2*2-9H,1H3;1-7H;3H,2,4-5H2,1H3;;;. The molecule has 0 spiro atoms. The van der Waals surface area contributed by atoms with Gasteiger partial charge in [-0.3, -0.25) is 19.6 Å². The van der Waals surface area contributed by atoms with E-state index in [0.29, 0.717) is 17.7 Å². The fourth-order valence-corrected chi connectivity index (χ4v) is 8.65. The van der Waals surface area contributed by atoms with Gasteiger partial charge in [0, 0.05) is 71.1 Å². The first kappa shape index (κ1) is 47.3. The maximum atomic E-state index is 11.9. The maximum absolute atomic E-state index is 11.9. The minimum atomic E-state index is -1.44. The quantitative estimate of drug-likeness (QED) is 0.0915. The summed E-state index contributed by atoms with van der Waals surface area (Å²) in [7, 11) is 0. The molecule has 0 bridgehead atoms. The van der Waals surface area contributed by atoms with Gasteiger partial charge in [0.15, 0.2) is 0 Å². The van der Waals surface area contributed by atoms with E-state index < -0.39 is 26.4 Å². The number of fused-ring (bicyclic) bond motifs is 15. The van der Waals surface area contributed by atoms with Crippen molar-refractivity contribution in [1.82, 2.24) is 19.9 Å². The summed E-state index contributed by atoms with van der Waals surface area (Å²) in [5.41, 5.74) is 18.6. The molecule has 10 nitrogen and oxygen atoms in total. The van der Waals surface area contributed by atoms with Gasteiger partial charge in [-0.15, -0.1) is 0 Å². The Balaban J connectivity index is 0.000000135. The van der Waals surface area contributed by atoms with Crippen molar-refractivity contribution in [1.29, 1.82) is 0 Å². The molecule has 2 aromatic heterocycles. The molecule has 0 fully saturated rings. The summed E-state index contributed by atoms with van der Waals surface area (Å²) in [6.45, 7) is 6.42. The summed E-state index contributed by atoms with van der Waals surface area (Å²) >= 11 is 9.06. The second-order valence-electron chi connectivity index (χ2n) is 15.1. The normalized spacial score (nSPS) is 11.9. The number of hydrogen-bond acceptors (Lipinski definition) is 10. The van der Waals surface area contributed by atoms with Crippen LogP contribution in [0.1, 0.15) is 39.0 Å². The molecule has 0 saturated carbocycles. The number of aryl methyl sites for hydroxylation is 2. The molecule has 1 aliphatic rings. The first-order valence-corrected chi connectivity index (χ1v) is 23.5. The molecule has 0 saturated heterocycles. The van der Waals surface area contributed by atoms with Crippen LogP contribution in [0.25, 0.3) is 76.3 Å². The molecule has 0 amide bonds. The van der Waals surface area contributed by atoms with Crippen molar-refractivity contribution in [2.75, 3.05) is 6.54 Å². The van der Waals surface area contributed by atoms with Gasteiger partial charge in [0.25, 0.3) is 0 Å². The molecule has 2 heterocycles. The van der Waals surface area contributed by atoms with Gasteiger partial charge < -0.3 is 11.5 Å². The molecule has 325 valence electrons. The van der Waals surface area contributed by atoms with Crippen molar-refractivity contribution in [2.24, 2.45) is 11.5 Å². The Morgan fingerprint density at radius 1 is 0.492 bits per heavy atom. The molecule has 10 aromatic rings. The van der Waals surface area contributed by atoms with Crippen LogP contribution in [0.2, 0.25) is 0 Å². The number of benzene rings is 8. The van der Waals surface area contributed by atoms with Crippen molar-refractivity contribution in [3.05, 3.63) is 176 Å². The molecule has 1 aliphatic carbocycles. The summed E-state index contributed by atoms with van der Waals surface area (Å²) in [6.07, 6.45) is 3.66. The molecule has 4 N–H and O–H groups in total. The van der Waals surface area contributed by atoms with Crippen LogP contribution >= 0.6 is 47.8 Å². The number of nitrogens with two attached hydrogens (primary N) is 2. The van der Waals surface area contributed by atoms with Crippen molar-refractivity contribution in [3.8, 4) is 11.1 Å². The number of rotatable bonds is 1. The topological polar surface area (TPSA) is 172 Å². The number of aromatic nitrogens is 4. The zero-order valence-corrected chi connectivity index (χ0v) is 41.1. The molecule has 65 heavy (non-hydrogen) atoms. The molecule has 8 aromatic carbocycles. The van der Waals surface area contributed by atoms with E-state index in [4.69, 9.17) is 29.1 Å². The van der Waals surface area contributed by atoms with E-state index in [-0.39, 0.29) is 6.04 Å². The Labute approximate surface area is 405 Å². The Kier molecular flexibility index (Phi) is 15.3. The van der Waals surface area contributed by atoms with E-state index in [1.54, 1.807) is 24.3 Å². The van der Waals surface area contributed by atoms with E-state index >= 15 is 0 Å². The van der Waals surface area contributed by atoms with Gasteiger partial charge in [-0.1, -0.05) is 133 Å². The number of nitrogens with zero attached hydrogens (tertiary/aromatic N) is 4. The second-order valence-corrected chi connectivity index (χ2v) is 18.0. The molecule has 1 atom stereocenters. The van der Waals surface area contributed by atoms with E-state index in [1.807, 2.05) is 57.4 Å². The first-order chi connectivity index (χ1) is 31.3. The molecule has 11 rings (SSSR count). The van der Waals surface area contributed by atoms with Crippen LogP contribution in [-0.4, -0.2) is 44.1 Å². The second kappa shape index (κ2) is 21.1.